The Bertz CT molecular complexity index is 162. The van der Waals surface area contributed by atoms with Crippen molar-refractivity contribution in [3.05, 3.63) is 0 Å². The van der Waals surface area contributed by atoms with Crippen molar-refractivity contribution in [1.29, 1.82) is 0 Å². The topological polar surface area (TPSA) is 110 Å². The first-order valence-electron chi connectivity index (χ1n) is 3.52. The fourth-order valence-corrected chi connectivity index (χ4v) is 1.19. The van der Waals surface area contributed by atoms with Crippen molar-refractivity contribution in [2.24, 2.45) is 0 Å². The SMILES string of the molecule is OC[C@H]1O[C@H](O)[C@@H](O)[C@]1(O)CO. The fraction of sp³-hybridized carbons (Fsp3) is 1.00. The highest BCUT2D eigenvalue weighted by Crippen LogP contribution is 2.29. The van der Waals surface area contributed by atoms with Gasteiger partial charge in [0.25, 0.3) is 0 Å². The summed E-state index contributed by atoms with van der Waals surface area (Å²) in [5.74, 6) is 0. The minimum Gasteiger partial charge on any atom is -0.394 e. The van der Waals surface area contributed by atoms with E-state index in [0.717, 1.165) is 0 Å². The van der Waals surface area contributed by atoms with Crippen molar-refractivity contribution >= 4 is 0 Å². The molecular weight excluding hydrogens is 168 g/mol. The maximum Gasteiger partial charge on any atom is 0.184 e. The third-order valence-electron chi connectivity index (χ3n) is 2.06. The first-order valence-corrected chi connectivity index (χ1v) is 3.52. The number of aliphatic hydroxyl groups is 5. The van der Waals surface area contributed by atoms with Crippen LogP contribution in [0.1, 0.15) is 0 Å². The van der Waals surface area contributed by atoms with Gasteiger partial charge in [-0.05, 0) is 0 Å². The van der Waals surface area contributed by atoms with E-state index < -0.39 is 37.3 Å². The van der Waals surface area contributed by atoms with Gasteiger partial charge in [-0.3, -0.25) is 0 Å². The quantitative estimate of drug-likeness (QED) is 0.306. The van der Waals surface area contributed by atoms with Gasteiger partial charge in [-0.2, -0.15) is 0 Å². The molecule has 0 spiro atoms. The molecule has 1 fully saturated rings. The first-order chi connectivity index (χ1) is 5.56. The average Bonchev–Trinajstić information content (AvgIpc) is 2.30. The van der Waals surface area contributed by atoms with E-state index in [1.807, 2.05) is 0 Å². The molecule has 1 aliphatic heterocycles. The van der Waals surface area contributed by atoms with E-state index in [1.165, 1.54) is 0 Å². The smallest absolute Gasteiger partial charge is 0.184 e. The highest BCUT2D eigenvalue weighted by molar-refractivity contribution is 5.00. The van der Waals surface area contributed by atoms with Gasteiger partial charge < -0.3 is 30.3 Å². The zero-order chi connectivity index (χ0) is 9.35. The van der Waals surface area contributed by atoms with Gasteiger partial charge in [0.15, 0.2) is 6.29 Å². The number of hydrogen-bond donors (Lipinski definition) is 5. The predicted molar refractivity (Wildman–Crippen MR) is 36.0 cm³/mol. The minimum absolute atomic E-state index is 0.578. The molecule has 4 atom stereocenters. The second kappa shape index (κ2) is 3.25. The van der Waals surface area contributed by atoms with Crippen LogP contribution in [0.25, 0.3) is 0 Å². The molecule has 1 heterocycles. The highest BCUT2D eigenvalue weighted by Gasteiger charge is 2.54. The normalized spacial score (nSPS) is 48.2. The third kappa shape index (κ3) is 1.22. The van der Waals surface area contributed by atoms with Gasteiger partial charge in [0, 0.05) is 0 Å². The molecule has 12 heavy (non-hydrogen) atoms. The van der Waals surface area contributed by atoms with Gasteiger partial charge in [-0.1, -0.05) is 0 Å². The summed E-state index contributed by atoms with van der Waals surface area (Å²) in [7, 11) is 0. The van der Waals surface area contributed by atoms with E-state index in [4.69, 9.17) is 20.4 Å². The number of aliphatic hydroxyl groups excluding tert-OH is 4. The Hall–Kier alpha value is -0.240. The van der Waals surface area contributed by atoms with Gasteiger partial charge in [0.1, 0.15) is 17.8 Å². The van der Waals surface area contributed by atoms with E-state index in [2.05, 4.69) is 4.74 Å². The van der Waals surface area contributed by atoms with Crippen molar-refractivity contribution in [1.82, 2.24) is 0 Å². The Morgan fingerprint density at radius 1 is 1.25 bits per heavy atom. The van der Waals surface area contributed by atoms with Crippen LogP contribution >= 0.6 is 0 Å². The summed E-state index contributed by atoms with van der Waals surface area (Å²) in [6.07, 6.45) is -4.33. The Morgan fingerprint density at radius 2 is 1.83 bits per heavy atom. The summed E-state index contributed by atoms with van der Waals surface area (Å²) in [5.41, 5.74) is -1.98. The zero-order valence-corrected chi connectivity index (χ0v) is 6.29. The molecule has 1 rings (SSSR count). The molecule has 0 aliphatic carbocycles. The molecule has 72 valence electrons. The molecular formula is C6H12O6. The monoisotopic (exact) mass is 180 g/mol. The maximum absolute atomic E-state index is 9.45. The lowest BCUT2D eigenvalue weighted by Crippen LogP contribution is -2.52. The molecule has 6 heteroatoms. The molecule has 0 aromatic rings. The molecule has 6 nitrogen and oxygen atoms in total. The van der Waals surface area contributed by atoms with Crippen LogP contribution in [0.15, 0.2) is 0 Å². The molecule has 0 saturated carbocycles. The minimum atomic E-state index is -1.98. The van der Waals surface area contributed by atoms with Crippen molar-refractivity contribution in [2.75, 3.05) is 13.2 Å². The van der Waals surface area contributed by atoms with Gasteiger partial charge in [0.05, 0.1) is 13.2 Å². The lowest BCUT2D eigenvalue weighted by atomic mass is 9.94. The zero-order valence-electron chi connectivity index (χ0n) is 6.29. The lowest BCUT2D eigenvalue weighted by molar-refractivity contribution is -0.132. The van der Waals surface area contributed by atoms with Crippen LogP contribution < -0.4 is 0 Å². The number of rotatable bonds is 2. The standard InChI is InChI=1S/C6H12O6/c7-1-3-6(11,2-8)4(9)5(10)12-3/h3-5,7-11H,1-2H2/t3-,4-,5+,6+/m1/s1. The summed E-state index contributed by atoms with van der Waals surface area (Å²) in [6, 6.07) is 0. The largest absolute Gasteiger partial charge is 0.394 e. The Kier molecular flexibility index (Phi) is 2.67. The molecule has 1 saturated heterocycles. The first kappa shape index (κ1) is 9.85. The predicted octanol–water partition coefficient (Wildman–Crippen LogP) is -3.22. The number of hydrogen-bond acceptors (Lipinski definition) is 6. The van der Waals surface area contributed by atoms with Crippen LogP contribution in [0, 0.1) is 0 Å². The van der Waals surface area contributed by atoms with Gasteiger partial charge in [-0.25, -0.2) is 0 Å². The molecule has 1 aliphatic rings. The van der Waals surface area contributed by atoms with Crippen LogP contribution in [0.2, 0.25) is 0 Å². The van der Waals surface area contributed by atoms with E-state index >= 15 is 0 Å². The van der Waals surface area contributed by atoms with Crippen molar-refractivity contribution in [2.45, 2.75) is 24.1 Å². The van der Waals surface area contributed by atoms with Crippen molar-refractivity contribution in [3.63, 3.8) is 0 Å². The Balaban J connectivity index is 2.80. The molecule has 0 radical (unpaired) electrons. The highest BCUT2D eigenvalue weighted by atomic mass is 16.7. The molecule has 0 aromatic carbocycles. The van der Waals surface area contributed by atoms with Gasteiger partial charge >= 0.3 is 0 Å². The summed E-state index contributed by atoms with van der Waals surface area (Å²) >= 11 is 0. The molecule has 5 N–H and O–H groups in total. The van der Waals surface area contributed by atoms with E-state index in [1.54, 1.807) is 0 Å². The summed E-state index contributed by atoms with van der Waals surface area (Å²) in [4.78, 5) is 0. The van der Waals surface area contributed by atoms with E-state index in [0.29, 0.717) is 0 Å². The van der Waals surface area contributed by atoms with Crippen molar-refractivity contribution in [3.8, 4) is 0 Å². The average molecular weight is 180 g/mol. The molecule has 0 amide bonds. The van der Waals surface area contributed by atoms with Crippen molar-refractivity contribution < 1.29 is 30.3 Å². The second-order valence-corrected chi connectivity index (χ2v) is 2.79. The van der Waals surface area contributed by atoms with Crippen LogP contribution in [0.4, 0.5) is 0 Å². The molecule has 0 unspecified atom stereocenters. The van der Waals surface area contributed by atoms with Gasteiger partial charge in [0.2, 0.25) is 0 Å². The molecule has 0 bridgehead atoms. The molecule has 0 aromatic heterocycles. The Morgan fingerprint density at radius 3 is 2.17 bits per heavy atom. The Labute approximate surface area is 68.6 Å². The van der Waals surface area contributed by atoms with Gasteiger partial charge in [-0.15, -0.1) is 0 Å². The summed E-state index contributed by atoms with van der Waals surface area (Å²) in [6.45, 7) is -1.36. The van der Waals surface area contributed by atoms with Crippen LogP contribution in [-0.4, -0.2) is 62.8 Å². The van der Waals surface area contributed by atoms with Crippen LogP contribution in [-0.2, 0) is 4.74 Å². The maximum atomic E-state index is 9.45. The second-order valence-electron chi connectivity index (χ2n) is 2.79. The van der Waals surface area contributed by atoms with E-state index in [-0.39, 0.29) is 0 Å². The summed E-state index contributed by atoms with van der Waals surface area (Å²) in [5, 5.41) is 44.8. The van der Waals surface area contributed by atoms with Crippen LogP contribution in [0.3, 0.4) is 0 Å². The van der Waals surface area contributed by atoms with E-state index in [9.17, 15) is 5.11 Å². The third-order valence-corrected chi connectivity index (χ3v) is 2.06. The summed E-state index contributed by atoms with van der Waals surface area (Å²) < 4.78 is 4.57. The number of ether oxygens (including phenoxy) is 1. The fourth-order valence-electron chi connectivity index (χ4n) is 1.19. The van der Waals surface area contributed by atoms with Crippen LogP contribution in [0.5, 0.6) is 0 Å². The lowest BCUT2D eigenvalue weighted by Gasteiger charge is -2.26.